The van der Waals surface area contributed by atoms with E-state index in [-0.39, 0.29) is 0 Å². The molecule has 0 spiro atoms. The number of aryl methyl sites for hydroxylation is 2. The third kappa shape index (κ3) is 4.15. The zero-order chi connectivity index (χ0) is 15.4. The van der Waals surface area contributed by atoms with E-state index in [1.807, 2.05) is 26.0 Å². The minimum Gasteiger partial charge on any atom is -0.432 e. The van der Waals surface area contributed by atoms with E-state index in [0.717, 1.165) is 17.2 Å². The van der Waals surface area contributed by atoms with Crippen molar-refractivity contribution in [2.75, 3.05) is 5.32 Å². The summed E-state index contributed by atoms with van der Waals surface area (Å²) in [6.07, 6.45) is 0. The molecular weight excluding hydrogens is 279 g/mol. The van der Waals surface area contributed by atoms with Gasteiger partial charge in [-0.1, -0.05) is 23.8 Å². The van der Waals surface area contributed by atoms with Crippen LogP contribution < -0.4 is 10.1 Å². The van der Waals surface area contributed by atoms with Gasteiger partial charge in [0.15, 0.2) is 11.6 Å². The Balaban J connectivity index is 2.05. The van der Waals surface area contributed by atoms with Gasteiger partial charge in [0, 0.05) is 18.3 Å². The minimum absolute atomic E-state index is 0.456. The lowest BCUT2D eigenvalue weighted by Gasteiger charge is -2.11. The minimum atomic E-state index is -3.03. The quantitative estimate of drug-likeness (QED) is 0.866. The van der Waals surface area contributed by atoms with Crippen LogP contribution in [0, 0.1) is 19.7 Å². The molecule has 0 atom stereocenters. The average Bonchev–Trinajstić information content (AvgIpc) is 2.40. The summed E-state index contributed by atoms with van der Waals surface area (Å²) in [4.78, 5) is 0. The van der Waals surface area contributed by atoms with Gasteiger partial charge >= 0.3 is 6.61 Å². The average molecular weight is 295 g/mol. The Hall–Kier alpha value is -2.17. The molecule has 2 aromatic rings. The molecule has 21 heavy (non-hydrogen) atoms. The van der Waals surface area contributed by atoms with Crippen molar-refractivity contribution in [3.63, 3.8) is 0 Å². The van der Waals surface area contributed by atoms with Crippen LogP contribution in [0.4, 0.5) is 18.9 Å². The van der Waals surface area contributed by atoms with Crippen molar-refractivity contribution in [3.05, 3.63) is 58.9 Å². The van der Waals surface area contributed by atoms with Crippen molar-refractivity contribution in [1.29, 1.82) is 0 Å². The lowest BCUT2D eigenvalue weighted by Crippen LogP contribution is -2.05. The van der Waals surface area contributed by atoms with E-state index in [9.17, 15) is 13.2 Å². The van der Waals surface area contributed by atoms with Gasteiger partial charge in [-0.2, -0.15) is 8.78 Å². The van der Waals surface area contributed by atoms with Crippen LogP contribution in [0.1, 0.15) is 16.7 Å². The van der Waals surface area contributed by atoms with Crippen LogP contribution >= 0.6 is 0 Å². The molecule has 112 valence electrons. The second-order valence-corrected chi connectivity index (χ2v) is 4.81. The van der Waals surface area contributed by atoms with Gasteiger partial charge in [0.25, 0.3) is 0 Å². The first-order chi connectivity index (χ1) is 9.95. The molecule has 0 heterocycles. The molecule has 0 aliphatic heterocycles. The Labute approximate surface area is 121 Å². The van der Waals surface area contributed by atoms with Crippen molar-refractivity contribution in [2.24, 2.45) is 0 Å². The highest BCUT2D eigenvalue weighted by molar-refractivity contribution is 5.48. The fourth-order valence-electron chi connectivity index (χ4n) is 2.04. The summed E-state index contributed by atoms with van der Waals surface area (Å²) in [5.41, 5.74) is 3.92. The van der Waals surface area contributed by atoms with Gasteiger partial charge < -0.3 is 10.1 Å². The summed E-state index contributed by atoms with van der Waals surface area (Å²) in [7, 11) is 0. The number of hydrogen-bond acceptors (Lipinski definition) is 2. The van der Waals surface area contributed by atoms with E-state index in [1.165, 1.54) is 17.7 Å². The molecular formula is C16H16F3NO. The zero-order valence-corrected chi connectivity index (χ0v) is 11.8. The fourth-order valence-corrected chi connectivity index (χ4v) is 2.04. The monoisotopic (exact) mass is 295 g/mol. The maximum absolute atomic E-state index is 13.6. The van der Waals surface area contributed by atoms with Crippen LogP contribution in [0.5, 0.6) is 5.75 Å². The fraction of sp³-hybridized carbons (Fsp3) is 0.250. The first-order valence-electron chi connectivity index (χ1n) is 6.50. The number of rotatable bonds is 5. The number of hydrogen-bond donors (Lipinski definition) is 1. The molecule has 0 radical (unpaired) electrons. The van der Waals surface area contributed by atoms with Crippen LogP contribution in [-0.2, 0) is 6.54 Å². The lowest BCUT2D eigenvalue weighted by atomic mass is 10.1. The molecule has 0 unspecified atom stereocenters. The molecule has 0 bridgehead atoms. The van der Waals surface area contributed by atoms with Gasteiger partial charge in [-0.15, -0.1) is 0 Å². The maximum Gasteiger partial charge on any atom is 0.387 e. The van der Waals surface area contributed by atoms with E-state index >= 15 is 0 Å². The highest BCUT2D eigenvalue weighted by Crippen LogP contribution is 2.23. The number of ether oxygens (including phenoxy) is 1. The predicted octanol–water partition coefficient (Wildman–Crippen LogP) is 4.66. The Morgan fingerprint density at radius 3 is 2.48 bits per heavy atom. The van der Waals surface area contributed by atoms with Gasteiger partial charge in [-0.25, -0.2) is 4.39 Å². The zero-order valence-electron chi connectivity index (χ0n) is 11.8. The number of alkyl halides is 2. The second kappa shape index (κ2) is 6.52. The largest absolute Gasteiger partial charge is 0.432 e. The summed E-state index contributed by atoms with van der Waals surface area (Å²) in [6.45, 7) is 1.51. The standard InChI is InChI=1S/C16H16F3NO/c1-10-3-4-12(11(2)7-10)9-20-13-5-6-15(14(17)8-13)21-16(18)19/h3-8,16,20H,9H2,1-2H3. The smallest absolute Gasteiger partial charge is 0.387 e. The van der Waals surface area contributed by atoms with Crippen molar-refractivity contribution in [2.45, 2.75) is 27.0 Å². The van der Waals surface area contributed by atoms with Crippen molar-refractivity contribution >= 4 is 5.69 Å². The molecule has 2 rings (SSSR count). The molecule has 2 aromatic carbocycles. The van der Waals surface area contributed by atoms with Crippen LogP contribution in [0.2, 0.25) is 0 Å². The van der Waals surface area contributed by atoms with Gasteiger partial charge in [-0.3, -0.25) is 0 Å². The number of halogens is 3. The highest BCUT2D eigenvalue weighted by Gasteiger charge is 2.10. The molecule has 0 aromatic heterocycles. The lowest BCUT2D eigenvalue weighted by molar-refractivity contribution is -0.0521. The van der Waals surface area contributed by atoms with Crippen LogP contribution in [0.3, 0.4) is 0 Å². The van der Waals surface area contributed by atoms with E-state index < -0.39 is 18.2 Å². The molecule has 0 fully saturated rings. The van der Waals surface area contributed by atoms with Crippen molar-refractivity contribution < 1.29 is 17.9 Å². The van der Waals surface area contributed by atoms with E-state index in [1.54, 1.807) is 0 Å². The normalized spacial score (nSPS) is 10.8. The second-order valence-electron chi connectivity index (χ2n) is 4.81. The third-order valence-electron chi connectivity index (χ3n) is 3.13. The molecule has 1 N–H and O–H groups in total. The topological polar surface area (TPSA) is 21.3 Å². The van der Waals surface area contributed by atoms with E-state index in [2.05, 4.69) is 16.1 Å². The van der Waals surface area contributed by atoms with E-state index in [4.69, 9.17) is 0 Å². The maximum atomic E-state index is 13.6. The molecule has 0 amide bonds. The van der Waals surface area contributed by atoms with Crippen LogP contribution in [0.25, 0.3) is 0 Å². The molecule has 0 aliphatic rings. The van der Waals surface area contributed by atoms with Crippen LogP contribution in [-0.4, -0.2) is 6.61 Å². The molecule has 0 saturated heterocycles. The Kier molecular flexibility index (Phi) is 4.73. The SMILES string of the molecule is Cc1ccc(CNc2ccc(OC(F)F)c(F)c2)c(C)c1. The summed E-state index contributed by atoms with van der Waals surface area (Å²) in [5, 5.41) is 3.06. The summed E-state index contributed by atoms with van der Waals surface area (Å²) < 4.78 is 41.7. The first-order valence-corrected chi connectivity index (χ1v) is 6.50. The highest BCUT2D eigenvalue weighted by atomic mass is 19.3. The molecule has 5 heteroatoms. The molecule has 0 aliphatic carbocycles. The van der Waals surface area contributed by atoms with Crippen LogP contribution in [0.15, 0.2) is 36.4 Å². The van der Waals surface area contributed by atoms with Crippen molar-refractivity contribution in [3.8, 4) is 5.75 Å². The third-order valence-corrected chi connectivity index (χ3v) is 3.13. The van der Waals surface area contributed by atoms with Crippen molar-refractivity contribution in [1.82, 2.24) is 0 Å². The Morgan fingerprint density at radius 2 is 1.86 bits per heavy atom. The van der Waals surface area contributed by atoms with Gasteiger partial charge in [0.05, 0.1) is 0 Å². The predicted molar refractivity (Wildman–Crippen MR) is 76.3 cm³/mol. The summed E-state index contributed by atoms with van der Waals surface area (Å²) >= 11 is 0. The number of anilines is 1. The number of benzene rings is 2. The van der Waals surface area contributed by atoms with Gasteiger partial charge in [0.1, 0.15) is 0 Å². The summed E-state index contributed by atoms with van der Waals surface area (Å²) in [5.74, 6) is -1.28. The first kappa shape index (κ1) is 15.2. The van der Waals surface area contributed by atoms with Gasteiger partial charge in [-0.05, 0) is 37.1 Å². The summed E-state index contributed by atoms with van der Waals surface area (Å²) in [6, 6.07) is 9.90. The van der Waals surface area contributed by atoms with Gasteiger partial charge in [0.2, 0.25) is 0 Å². The van der Waals surface area contributed by atoms with E-state index in [0.29, 0.717) is 12.2 Å². The Morgan fingerprint density at radius 1 is 1.10 bits per heavy atom. The Bertz CT molecular complexity index is 629. The number of nitrogens with one attached hydrogen (secondary N) is 1. The molecule has 0 saturated carbocycles. The molecule has 2 nitrogen and oxygen atoms in total.